The summed E-state index contributed by atoms with van der Waals surface area (Å²) in [5.74, 6) is -5.12. The van der Waals surface area contributed by atoms with Gasteiger partial charge in [-0.3, -0.25) is 9.78 Å². The van der Waals surface area contributed by atoms with Crippen LogP contribution >= 0.6 is 0 Å². The monoisotopic (exact) mass is 585 g/mol. The van der Waals surface area contributed by atoms with Crippen molar-refractivity contribution in [1.82, 2.24) is 20.3 Å². The highest BCUT2D eigenvalue weighted by Gasteiger charge is 2.43. The fourth-order valence-electron chi connectivity index (χ4n) is 3.60. The Balaban J connectivity index is 0.000000333. The molecule has 11 nitrogen and oxygen atoms in total. The maximum atomic E-state index is 12.9. The van der Waals surface area contributed by atoms with Gasteiger partial charge in [-0.25, -0.2) is 23.9 Å². The van der Waals surface area contributed by atoms with Crippen LogP contribution in [0.1, 0.15) is 18.5 Å². The predicted molar refractivity (Wildman–Crippen MR) is 119 cm³/mol. The number of aliphatic carboxylic acids is 2. The van der Waals surface area contributed by atoms with E-state index in [0.717, 1.165) is 18.7 Å². The first kappa shape index (κ1) is 32.1. The Morgan fingerprint density at radius 2 is 1.55 bits per heavy atom. The van der Waals surface area contributed by atoms with Crippen LogP contribution in [0.3, 0.4) is 0 Å². The number of rotatable bonds is 5. The molecule has 2 fully saturated rings. The third-order valence-corrected chi connectivity index (χ3v) is 5.29. The number of carbonyl (C=O) groups excluding carboxylic acids is 1. The highest BCUT2D eigenvalue weighted by atomic mass is 19.4. The minimum absolute atomic E-state index is 0.0284. The molecule has 4 rings (SSSR count). The molecule has 0 aromatic carbocycles. The third-order valence-electron chi connectivity index (χ3n) is 5.29. The van der Waals surface area contributed by atoms with E-state index < -0.39 is 30.1 Å². The number of carboxylic acid groups (broad SMARTS) is 2. The van der Waals surface area contributed by atoms with Gasteiger partial charge in [0.05, 0.1) is 43.3 Å². The fraction of sp³-hybridized carbons (Fsp3) is 0.455. The number of hydrogen-bond donors (Lipinski definition) is 3. The predicted octanol–water partition coefficient (Wildman–Crippen LogP) is 2.58. The van der Waals surface area contributed by atoms with Gasteiger partial charge in [-0.1, -0.05) is 6.07 Å². The number of aromatic nitrogens is 3. The van der Waals surface area contributed by atoms with E-state index in [2.05, 4.69) is 20.3 Å². The molecule has 0 aliphatic carbocycles. The first-order valence-corrected chi connectivity index (χ1v) is 11.2. The Morgan fingerprint density at radius 1 is 0.975 bits per heavy atom. The van der Waals surface area contributed by atoms with Gasteiger partial charge in [0.2, 0.25) is 11.9 Å². The van der Waals surface area contributed by atoms with Crippen LogP contribution in [0.25, 0.3) is 0 Å². The van der Waals surface area contributed by atoms with E-state index in [1.54, 1.807) is 6.20 Å². The third kappa shape index (κ3) is 10.6. The molecule has 0 unspecified atom stereocenters. The van der Waals surface area contributed by atoms with E-state index in [4.69, 9.17) is 24.5 Å². The Labute approximate surface area is 221 Å². The van der Waals surface area contributed by atoms with Crippen molar-refractivity contribution in [3.8, 4) is 0 Å². The number of carbonyl (C=O) groups is 3. The summed E-state index contributed by atoms with van der Waals surface area (Å²) in [4.78, 5) is 44.2. The number of halogens is 7. The van der Waals surface area contributed by atoms with Gasteiger partial charge >= 0.3 is 24.3 Å². The molecular weight excluding hydrogens is 563 g/mol. The quantitative estimate of drug-likeness (QED) is 0.446. The van der Waals surface area contributed by atoms with Crippen LogP contribution in [0.5, 0.6) is 0 Å². The number of anilines is 1. The Morgan fingerprint density at radius 3 is 2.02 bits per heavy atom. The van der Waals surface area contributed by atoms with Crippen LogP contribution in [0.4, 0.5) is 36.7 Å². The Bertz CT molecular complexity index is 1100. The number of carboxylic acids is 2. The van der Waals surface area contributed by atoms with E-state index in [-0.39, 0.29) is 18.1 Å². The maximum Gasteiger partial charge on any atom is 0.490 e. The Hall–Kier alpha value is -4.09. The smallest absolute Gasteiger partial charge is 0.475 e. The summed E-state index contributed by atoms with van der Waals surface area (Å²) in [6, 6.07) is 5.62. The van der Waals surface area contributed by atoms with E-state index >= 15 is 0 Å². The summed E-state index contributed by atoms with van der Waals surface area (Å²) >= 11 is 0. The van der Waals surface area contributed by atoms with Crippen LogP contribution in [0, 0.1) is 11.7 Å². The molecule has 2 aromatic heterocycles. The van der Waals surface area contributed by atoms with Crippen molar-refractivity contribution in [2.75, 3.05) is 18.0 Å². The van der Waals surface area contributed by atoms with E-state index in [0.29, 0.717) is 31.4 Å². The highest BCUT2D eigenvalue weighted by molar-refractivity contribution is 5.76. The van der Waals surface area contributed by atoms with Crippen LogP contribution in [0.2, 0.25) is 0 Å². The molecule has 3 N–H and O–H groups in total. The largest absolute Gasteiger partial charge is 0.490 e. The summed E-state index contributed by atoms with van der Waals surface area (Å²) < 4.78 is 82.4. The second-order valence-corrected chi connectivity index (χ2v) is 8.31. The molecular formula is C22H22F7N5O6. The lowest BCUT2D eigenvalue weighted by Crippen LogP contribution is -2.30. The normalized spacial score (nSPS) is 19.9. The Kier molecular flexibility index (Phi) is 11.1. The summed E-state index contributed by atoms with van der Waals surface area (Å²) in [7, 11) is 0. The molecule has 18 heteroatoms. The lowest BCUT2D eigenvalue weighted by molar-refractivity contribution is -0.193. The minimum Gasteiger partial charge on any atom is -0.475 e. The second kappa shape index (κ2) is 13.8. The van der Waals surface area contributed by atoms with E-state index in [1.165, 1.54) is 12.4 Å². The number of nitrogens with zero attached hydrogens (tertiary/aromatic N) is 4. The van der Waals surface area contributed by atoms with Crippen LogP contribution < -0.4 is 10.2 Å². The second-order valence-electron chi connectivity index (χ2n) is 8.31. The van der Waals surface area contributed by atoms with Crippen molar-refractivity contribution < 1.29 is 60.1 Å². The van der Waals surface area contributed by atoms with Crippen molar-refractivity contribution in [1.29, 1.82) is 0 Å². The van der Waals surface area contributed by atoms with Crippen LogP contribution in [-0.4, -0.2) is 80.7 Å². The molecule has 2 aliphatic heterocycles. The van der Waals surface area contributed by atoms with Gasteiger partial charge in [0.1, 0.15) is 0 Å². The van der Waals surface area contributed by atoms with Crippen LogP contribution in [-0.2, 0) is 25.7 Å². The van der Waals surface area contributed by atoms with Gasteiger partial charge in [0.15, 0.2) is 5.82 Å². The van der Waals surface area contributed by atoms with Gasteiger partial charge in [0.25, 0.3) is 0 Å². The number of alkyl halides is 6. The van der Waals surface area contributed by atoms with Gasteiger partial charge < -0.3 is 25.2 Å². The number of hydrogen-bond acceptors (Lipinski definition) is 8. The summed E-state index contributed by atoms with van der Waals surface area (Å²) in [6.07, 6.45) is -4.92. The molecule has 220 valence electrons. The van der Waals surface area contributed by atoms with Crippen molar-refractivity contribution in [2.24, 2.45) is 5.92 Å². The first-order valence-electron chi connectivity index (χ1n) is 11.2. The van der Waals surface area contributed by atoms with Crippen LogP contribution in [0.15, 0.2) is 36.8 Å². The molecule has 0 radical (unpaired) electrons. The molecule has 1 amide bonds. The van der Waals surface area contributed by atoms with Gasteiger partial charge in [0, 0.05) is 25.2 Å². The number of nitrogens with one attached hydrogen (secondary N) is 1. The lowest BCUT2D eigenvalue weighted by Gasteiger charge is -2.19. The average molecular weight is 585 g/mol. The van der Waals surface area contributed by atoms with Crippen molar-refractivity contribution >= 4 is 23.8 Å². The highest BCUT2D eigenvalue weighted by Crippen LogP contribution is 2.35. The number of fused-ring (bicyclic) bond motifs is 1. The molecule has 2 aromatic rings. The lowest BCUT2D eigenvalue weighted by atomic mass is 10.0. The van der Waals surface area contributed by atoms with Gasteiger partial charge in [-0.05, 0) is 18.6 Å². The first-order chi connectivity index (χ1) is 18.6. The van der Waals surface area contributed by atoms with Crippen molar-refractivity contribution in [3.05, 3.63) is 48.3 Å². The fourth-order valence-corrected chi connectivity index (χ4v) is 3.60. The van der Waals surface area contributed by atoms with E-state index in [9.17, 15) is 35.5 Å². The van der Waals surface area contributed by atoms with Gasteiger partial charge in [-0.2, -0.15) is 26.3 Å². The molecule has 2 aliphatic rings. The maximum absolute atomic E-state index is 12.9. The molecule has 0 spiro atoms. The zero-order valence-electron chi connectivity index (χ0n) is 20.2. The zero-order valence-corrected chi connectivity index (χ0v) is 20.2. The zero-order chi connectivity index (χ0) is 30.1. The summed E-state index contributed by atoms with van der Waals surface area (Å²) in [5.41, 5.74) is 0.833. The minimum atomic E-state index is -5.08. The standard InChI is InChI=1S/C18H20FN5O2.2C2HF3O2/c19-13-7-22-18(23-8-13)24-10-12-5-15(26-16(12)11-24)6-17(25)21-9-14-3-1-2-4-20-14;2*3-2(4,5)1(6)7/h1-4,7-8,12,15-16H,5-6,9-11H2,(H,21,25);2*(H,6,7)/t12-,15-,16+;;/m0../s1. The molecule has 0 bridgehead atoms. The molecule has 2 saturated heterocycles. The SMILES string of the molecule is O=C(C[C@@H]1C[C@H]2CN(c3ncc(F)cn3)C[C@H]2O1)NCc1ccccn1.O=C(O)C(F)(F)F.O=C(O)C(F)(F)F. The molecule has 40 heavy (non-hydrogen) atoms. The van der Waals surface area contributed by atoms with E-state index in [1.807, 2.05) is 23.1 Å². The van der Waals surface area contributed by atoms with Crippen molar-refractivity contribution in [2.45, 2.75) is 43.9 Å². The van der Waals surface area contributed by atoms with Crippen molar-refractivity contribution in [3.63, 3.8) is 0 Å². The molecule has 0 saturated carbocycles. The van der Waals surface area contributed by atoms with Gasteiger partial charge in [-0.15, -0.1) is 0 Å². The number of amides is 1. The summed E-state index contributed by atoms with van der Waals surface area (Å²) in [5, 5.41) is 17.1. The average Bonchev–Trinajstić information content (AvgIpc) is 3.42. The molecule has 3 atom stereocenters. The number of pyridine rings is 1. The molecule has 4 heterocycles. The number of ether oxygens (including phenoxy) is 1. The topological polar surface area (TPSA) is 155 Å². The summed E-state index contributed by atoms with van der Waals surface area (Å²) in [6.45, 7) is 1.86.